The van der Waals surface area contributed by atoms with Crippen molar-refractivity contribution in [2.45, 2.75) is 248 Å². The number of phenolic OH excluding ortho intramolecular Hbond substituents is 4. The number of para-hydroxylation sites is 2. The van der Waals surface area contributed by atoms with Crippen LogP contribution in [0, 0.1) is 10.1 Å². The molecule has 0 atom stereocenters. The van der Waals surface area contributed by atoms with E-state index in [9.17, 15) is 39.8 Å². The number of fused-ring (bicyclic) bond motifs is 1. The summed E-state index contributed by atoms with van der Waals surface area (Å²) in [4.78, 5) is 45.0. The van der Waals surface area contributed by atoms with E-state index in [-0.39, 0.29) is 20.4 Å². The minimum Gasteiger partial charge on any atom is -0.508 e. The number of hydrogen-bond acceptors (Lipinski definition) is 12. The number of nitrogens with one attached hydrogen (secondary N) is 1. The van der Waals surface area contributed by atoms with E-state index in [2.05, 4.69) is 14.8 Å². The van der Waals surface area contributed by atoms with Gasteiger partial charge in [-0.3, -0.25) is 14.9 Å². The molecular formula is C80H120ClN3O12. The van der Waals surface area contributed by atoms with Crippen molar-refractivity contribution >= 4 is 46.0 Å². The van der Waals surface area contributed by atoms with Gasteiger partial charge in [0.15, 0.2) is 0 Å². The number of hydrogen-bond donors (Lipinski definition) is 7. The molecule has 0 radical (unpaired) electrons. The number of carboxylic acid groups (broad SMARTS) is 1. The average Bonchev–Trinajstić information content (AvgIpc) is 0.684. The molecule has 0 saturated carbocycles. The number of benzene rings is 6. The number of pyridine rings is 1. The molecule has 0 spiro atoms. The van der Waals surface area contributed by atoms with Gasteiger partial charge in [0.05, 0.1) is 38.6 Å². The number of aromatic hydroxyl groups is 4. The molecule has 0 amide bonds. The van der Waals surface area contributed by atoms with Crippen molar-refractivity contribution < 1.29 is 161 Å². The Morgan fingerprint density at radius 3 is 1.46 bits per heavy atom. The number of halogens is 1. The Bertz CT molecular complexity index is 6810. The number of nitrogen functional groups attached to an aromatic ring is 1. The molecule has 7 aromatic rings. The lowest BCUT2D eigenvalue weighted by molar-refractivity contribution is -0.386. The first-order valence-electron chi connectivity index (χ1n) is 65.6. The third kappa shape index (κ3) is 29.9. The number of rotatable bonds is 4. The first-order chi connectivity index (χ1) is 76.6. The molecule has 16 heteroatoms. The number of aromatic amines is 1. The van der Waals surface area contributed by atoms with E-state index in [0.29, 0.717) is 38.6 Å². The monoisotopic (exact) mass is 1430 g/mol. The number of carboxylic acids is 1. The molecule has 1 heterocycles. The van der Waals surface area contributed by atoms with Crippen molar-refractivity contribution in [2.24, 2.45) is 0 Å². The number of phenols is 4. The normalized spacial score (nSPS) is 27.0. The first-order valence-corrected chi connectivity index (χ1v) is 25.1. The molecule has 96 heavy (non-hydrogen) atoms. The number of ether oxygens (including phenoxy) is 2. The number of nitro benzene ring substituents is 1. The summed E-state index contributed by atoms with van der Waals surface area (Å²) < 4.78 is 643. The van der Waals surface area contributed by atoms with Crippen LogP contribution in [0.25, 0.3) is 10.9 Å². The zero-order valence-electron chi connectivity index (χ0n) is 131. The quantitative estimate of drug-likeness (QED) is 0.0216. The van der Waals surface area contributed by atoms with E-state index < -0.39 is 397 Å². The number of nitrogens with zero attached hydrogens (tertiary/aromatic N) is 1. The van der Waals surface area contributed by atoms with E-state index in [1.54, 1.807) is 24.3 Å². The Morgan fingerprint density at radius 2 is 1.01 bits per heavy atom. The number of nitro groups is 1. The van der Waals surface area contributed by atoms with Crippen molar-refractivity contribution in [1.29, 1.82) is 1.43 Å². The van der Waals surface area contributed by atoms with Gasteiger partial charge in [-0.05, 0) is 140 Å². The fraction of sp³-hybridized carbons (Fsp3) is 0.487. The van der Waals surface area contributed by atoms with Crippen LogP contribution in [0.15, 0.2) is 126 Å². The van der Waals surface area contributed by atoms with Gasteiger partial charge in [0.25, 0.3) is 7.12 Å². The number of aromatic carboxylic acids is 1. The van der Waals surface area contributed by atoms with E-state index in [1.807, 2.05) is 0 Å². The molecule has 534 valence electrons. The standard InChI is InChI=1S/C16H24O3.C14H21NO3.C14H23NO.C14H22O.C10H7NO3.C6H6O.C4H9Cl.2CH4/c1-15(2,3)11-8-9-13(19-14(17)18-7)12(10-11)16(4,5)6;1-13(2,3)9-7-10(14(4,5)6)12(16)8-11(9)15(17)18;1-13(2,3)9-7-10(14(4,5)6)12(16)8-11(9)15;1-13(2,3)10-7-8-12(15)11(9-10)14(4,5)6;12-9-6-3-1-2-4-8(6)11-5-7(9)10(13)14;7-6-4-2-1-3-5-6;1-4(2,3)5;;/h8-10H,1-7H3;7-8,16H,1-6H3;7-8,16H,15H2,1-6H3;7-9,15H,1-6H3;1-5H,(H,11,12)(H,13,14);1-5,7H;1-3H3;2*1H4/i1D3,2D3,4D3,5D3,6D3,8D,9D,10D;2*1D3,2D3,4D3,5D3,6D3,7D,8D;1D3,2D3,4D3,5D3,6D3,7D,8D,9D;;1D,2D,3D,4D,5D;1D3,2D3;;/hD. The Labute approximate surface area is 696 Å². The Kier molecular flexibility index (Phi) is 8.66. The van der Waals surface area contributed by atoms with Crippen LogP contribution in [0.2, 0.25) is 0 Å². The molecule has 15 nitrogen and oxygen atoms in total. The minimum absolute atomic E-state index is 0. The number of aromatic nitrogens is 1. The van der Waals surface area contributed by atoms with E-state index in [1.165, 1.54) is 6.20 Å². The molecule has 0 aliphatic rings. The lowest BCUT2D eigenvalue weighted by Gasteiger charge is -2.27. The molecule has 7 rings (SSSR count). The highest BCUT2D eigenvalue weighted by molar-refractivity contribution is 6.23. The maximum atomic E-state index is 11.9. The number of anilines is 1. The van der Waals surface area contributed by atoms with Gasteiger partial charge in [-0.25, -0.2) is 9.59 Å². The second-order valence-corrected chi connectivity index (χ2v) is 20.3. The Morgan fingerprint density at radius 1 is 0.573 bits per heavy atom. The van der Waals surface area contributed by atoms with Gasteiger partial charge in [-0.1, -0.05) is 234 Å². The number of carbonyl (C=O) groups excluding carboxylic acids is 1. The van der Waals surface area contributed by atoms with Crippen molar-refractivity contribution in [1.82, 2.24) is 4.98 Å². The van der Waals surface area contributed by atoms with Gasteiger partial charge in [0.2, 0.25) is 5.43 Å². The summed E-state index contributed by atoms with van der Waals surface area (Å²) in [6, 6.07) is -10.8. The summed E-state index contributed by atoms with van der Waals surface area (Å²) in [6.45, 7) is -79.3. The largest absolute Gasteiger partial charge is 0.513 e. The summed E-state index contributed by atoms with van der Waals surface area (Å²) >= 11 is 5.36. The molecule has 1 aromatic heterocycles. The summed E-state index contributed by atoms with van der Waals surface area (Å²) in [7, 11) is 0.744. The second-order valence-electron chi connectivity index (χ2n) is 19.5. The summed E-state index contributed by atoms with van der Waals surface area (Å²) in [5.74, 6) is -8.30. The van der Waals surface area contributed by atoms with Crippen LogP contribution >= 0.6 is 11.6 Å². The second kappa shape index (κ2) is 35.3. The predicted octanol–water partition coefficient (Wildman–Crippen LogP) is 21.8. The zero-order valence-corrected chi connectivity index (χ0v) is 50.1. The van der Waals surface area contributed by atoms with Gasteiger partial charge in [-0.2, -0.15) is 0 Å². The summed E-state index contributed by atoms with van der Waals surface area (Å²) in [6.07, 6.45) is -0.515. The van der Waals surface area contributed by atoms with Gasteiger partial charge in [0, 0.05) is 141 Å². The zero-order chi connectivity index (χ0) is 142. The molecule has 0 fully saturated rings. The topological polar surface area (TPSA) is 256 Å². The highest BCUT2D eigenvalue weighted by atomic mass is 35.5. The van der Waals surface area contributed by atoms with Crippen LogP contribution in [0.5, 0.6) is 28.7 Å². The molecule has 6 aromatic carbocycles. The molecule has 8 N–H and O–H groups in total. The van der Waals surface area contributed by atoms with Crippen LogP contribution in [-0.2, 0) is 48.1 Å². The molecule has 0 saturated heterocycles. The van der Waals surface area contributed by atoms with Crippen LogP contribution in [0.3, 0.4) is 0 Å². The van der Waals surface area contributed by atoms with Gasteiger partial charge >= 0.3 is 12.1 Å². The number of H-pyrrole nitrogens is 1. The van der Waals surface area contributed by atoms with Crippen molar-refractivity contribution in [3.05, 3.63) is 192 Å². The molecule has 0 bridgehead atoms. The van der Waals surface area contributed by atoms with Gasteiger partial charge < -0.3 is 45.7 Å². The SMILES string of the molecule is C.C.O=C(O)c1c[nH]c2ccccc2c1=O.[2H]C([2H])([2H])C(C)(Cl)C([2H])([2H])[2H].[2H]Oc1c([2H])c([2H])c([2H])c([2H])c1[2H].[2H]c1c(N)c(C(C)(C([2H])([2H])[2H])C([2H])([2H])[2H])c([2H])c(C(C([2H])([2H])[2H])(C([2H])([2H])[2H])C([2H])([2H])[2H])c1O.[2H]c1c(O)c(C(C([2H])([2H])[2H])(C([2H])([2H])[2H])C([2H])([2H])[2H])c([2H])c(C(C)(C([2H])([2H])[2H])C([2H])([2H])[2H])c1[N+](=O)[O-].[2H]c1c([2H])c(C(C)(C([2H])([2H])[2H])C([2H])([2H])[2H])c([2H])c(C(C([2H])([2H])[2H])(C([2H])([2H])[2H])C([2H])([2H])[2H])c1O.[2H]c1c([2H])c(C(C)(C([2H])([2H])[2H])C([2H])([2H])[2H])c([2H])c(C(C([2H])([2H])[2H])(C([2H])([2H])[2H])C([2H])([2H])[2H])c1OC(=O)OC. The fourth-order valence-electron chi connectivity index (χ4n) is 6.02. The van der Waals surface area contributed by atoms with Crippen molar-refractivity contribution in [3.63, 3.8) is 0 Å². The predicted molar refractivity (Wildman–Crippen MR) is 403 cm³/mol. The lowest BCUT2D eigenvalue weighted by atomic mass is 9.79. The van der Waals surface area contributed by atoms with E-state index in [0.717, 1.165) is 14.0 Å². The lowest BCUT2D eigenvalue weighted by Crippen LogP contribution is -2.19. The van der Waals surface area contributed by atoms with E-state index in [4.69, 9.17) is 140 Å². The fourth-order valence-corrected chi connectivity index (χ4v) is 6.02. The highest BCUT2D eigenvalue weighted by Gasteiger charge is 2.31. The Hall–Kier alpha value is -8.04. The van der Waals surface area contributed by atoms with Crippen LogP contribution < -0.4 is 15.9 Å². The number of methoxy groups -OCH3 is 1. The number of carbonyl (C=O) groups is 2. The van der Waals surface area contributed by atoms with Crippen LogP contribution in [-0.4, -0.2) is 61.0 Å². The summed E-state index contributed by atoms with van der Waals surface area (Å²) in [5, 5.41) is 56.5. The number of alkyl halides is 1. The van der Waals surface area contributed by atoms with Crippen molar-refractivity contribution in [2.75, 3.05) is 12.8 Å². The van der Waals surface area contributed by atoms with Gasteiger partial charge in [-0.15, -0.1) is 11.6 Å². The smallest absolute Gasteiger partial charge is 0.508 e. The Balaban J connectivity index is 0. The molecule has 0 aliphatic heterocycles. The third-order valence-corrected chi connectivity index (χ3v) is 10.1. The third-order valence-electron chi connectivity index (χ3n) is 10.1. The molecule has 0 unspecified atom stereocenters. The summed E-state index contributed by atoms with van der Waals surface area (Å²) in [5.41, 5.74) is -38.6. The molecular weight excluding hydrogens is 1230 g/mol. The van der Waals surface area contributed by atoms with Crippen molar-refractivity contribution in [3.8, 4) is 28.7 Å². The van der Waals surface area contributed by atoms with Crippen LogP contribution in [0.4, 0.5) is 16.2 Å². The maximum absolute atomic E-state index is 11.9. The molecule has 0 aliphatic carbocycles. The van der Waals surface area contributed by atoms with Crippen LogP contribution in [0.1, 0.15) is 366 Å². The first kappa shape index (κ1) is 23.6. The number of nitrogens with two attached hydrogens (primary N) is 1. The maximum Gasteiger partial charge on any atom is 0.513 e. The van der Waals surface area contributed by atoms with E-state index >= 15 is 0 Å². The van der Waals surface area contributed by atoms with Gasteiger partial charge in [0.1, 0.15) is 34.3 Å². The highest BCUT2D eigenvalue weighted by Crippen LogP contribution is 2.42. The minimum atomic E-state index is -4.18. The average molecular weight is 1430 g/mol.